The molecule has 0 spiro atoms. The summed E-state index contributed by atoms with van der Waals surface area (Å²) >= 11 is 1.66. The summed E-state index contributed by atoms with van der Waals surface area (Å²) in [5.41, 5.74) is 5.90. The van der Waals surface area contributed by atoms with Gasteiger partial charge in [0.25, 0.3) is 0 Å². The van der Waals surface area contributed by atoms with E-state index in [4.69, 9.17) is 10.5 Å². The van der Waals surface area contributed by atoms with E-state index in [1.165, 1.54) is 4.88 Å². The van der Waals surface area contributed by atoms with E-state index in [1.54, 1.807) is 11.3 Å². The Morgan fingerprint density at radius 3 is 3.00 bits per heavy atom. The van der Waals surface area contributed by atoms with Gasteiger partial charge in [0.2, 0.25) is 0 Å². The van der Waals surface area contributed by atoms with Crippen molar-refractivity contribution in [3.8, 4) is 0 Å². The molecule has 0 aromatic carbocycles. The highest BCUT2D eigenvalue weighted by molar-refractivity contribution is 7.11. The van der Waals surface area contributed by atoms with E-state index in [2.05, 4.69) is 9.98 Å². The Morgan fingerprint density at radius 1 is 1.62 bits per heavy atom. The van der Waals surface area contributed by atoms with E-state index in [0.29, 0.717) is 12.5 Å². The van der Waals surface area contributed by atoms with Crippen LogP contribution < -0.4 is 5.73 Å². The van der Waals surface area contributed by atoms with Crippen molar-refractivity contribution in [3.05, 3.63) is 16.1 Å². The van der Waals surface area contributed by atoms with Gasteiger partial charge in [-0.05, 0) is 6.92 Å². The topological polar surface area (TPSA) is 63.7 Å². The molecule has 0 bridgehead atoms. The molecule has 0 atom stereocenters. The second-order valence-corrected chi connectivity index (χ2v) is 4.96. The Bertz CT molecular complexity index is 371. The molecule has 1 aromatic heterocycles. The van der Waals surface area contributed by atoms with Crippen LogP contribution in [0.4, 0.5) is 0 Å². The number of hydrogen-bond donors (Lipinski definition) is 1. The number of aromatic nitrogens is 1. The molecule has 1 saturated heterocycles. The standard InChI is InChI=1S/C10H16N4OS/c1-8-6-12-9(16-8)7-13-10(11)14-2-4-15-5-3-14/h6H,2-5,7H2,1H3,(H2,11,13). The lowest BCUT2D eigenvalue weighted by Crippen LogP contribution is -2.44. The molecule has 6 heteroatoms. The number of morpholine rings is 1. The number of hydrogen-bond acceptors (Lipinski definition) is 4. The second kappa shape index (κ2) is 5.27. The summed E-state index contributed by atoms with van der Waals surface area (Å²) < 4.78 is 5.25. The van der Waals surface area contributed by atoms with E-state index < -0.39 is 0 Å². The van der Waals surface area contributed by atoms with Crippen LogP contribution in [0.25, 0.3) is 0 Å². The molecule has 5 nitrogen and oxygen atoms in total. The Hall–Kier alpha value is -1.14. The van der Waals surface area contributed by atoms with Crippen LogP contribution in [0.15, 0.2) is 11.2 Å². The third-order valence-corrected chi connectivity index (χ3v) is 3.28. The summed E-state index contributed by atoms with van der Waals surface area (Å²) in [5.74, 6) is 0.594. The van der Waals surface area contributed by atoms with Crippen LogP contribution in [0.2, 0.25) is 0 Å². The lowest BCUT2D eigenvalue weighted by molar-refractivity contribution is 0.0674. The zero-order valence-electron chi connectivity index (χ0n) is 9.35. The van der Waals surface area contributed by atoms with Crippen molar-refractivity contribution in [1.82, 2.24) is 9.88 Å². The number of guanidine groups is 1. The van der Waals surface area contributed by atoms with Crippen molar-refractivity contribution in [2.24, 2.45) is 10.7 Å². The van der Waals surface area contributed by atoms with Crippen LogP contribution in [0, 0.1) is 6.92 Å². The van der Waals surface area contributed by atoms with Gasteiger partial charge >= 0.3 is 0 Å². The van der Waals surface area contributed by atoms with E-state index in [-0.39, 0.29) is 0 Å². The first kappa shape index (κ1) is 11.3. The van der Waals surface area contributed by atoms with E-state index in [0.717, 1.165) is 31.3 Å². The molecule has 0 saturated carbocycles. The molecule has 16 heavy (non-hydrogen) atoms. The number of ether oxygens (including phenoxy) is 1. The highest BCUT2D eigenvalue weighted by atomic mass is 32.1. The fraction of sp³-hybridized carbons (Fsp3) is 0.600. The number of rotatable bonds is 2. The molecule has 1 aliphatic rings. The highest BCUT2D eigenvalue weighted by Gasteiger charge is 2.11. The van der Waals surface area contributed by atoms with Gasteiger partial charge in [-0.1, -0.05) is 0 Å². The largest absolute Gasteiger partial charge is 0.378 e. The quantitative estimate of drug-likeness (QED) is 0.607. The maximum atomic E-state index is 5.90. The molecule has 88 valence electrons. The third-order valence-electron chi connectivity index (χ3n) is 2.38. The number of aliphatic imine (C=N–C) groups is 1. The van der Waals surface area contributed by atoms with Crippen LogP contribution in [-0.4, -0.2) is 42.1 Å². The van der Waals surface area contributed by atoms with Gasteiger partial charge in [-0.2, -0.15) is 0 Å². The predicted molar refractivity (Wildman–Crippen MR) is 64.6 cm³/mol. The maximum Gasteiger partial charge on any atom is 0.191 e. The lowest BCUT2D eigenvalue weighted by Gasteiger charge is -2.27. The molecule has 1 fully saturated rings. The Labute approximate surface area is 98.9 Å². The summed E-state index contributed by atoms with van der Waals surface area (Å²) in [4.78, 5) is 11.8. The van der Waals surface area contributed by atoms with Crippen LogP contribution in [0.3, 0.4) is 0 Å². The van der Waals surface area contributed by atoms with Crippen LogP contribution in [0.5, 0.6) is 0 Å². The predicted octanol–water partition coefficient (Wildman–Crippen LogP) is 0.598. The average Bonchev–Trinajstić information content (AvgIpc) is 2.73. The fourth-order valence-corrected chi connectivity index (χ4v) is 2.23. The Kier molecular flexibility index (Phi) is 3.74. The number of aryl methyl sites for hydroxylation is 1. The molecule has 1 aliphatic heterocycles. The molecule has 0 unspecified atom stereocenters. The van der Waals surface area contributed by atoms with Gasteiger partial charge in [0.15, 0.2) is 5.96 Å². The van der Waals surface area contributed by atoms with Crippen molar-refractivity contribution in [1.29, 1.82) is 0 Å². The maximum absolute atomic E-state index is 5.90. The Balaban J connectivity index is 1.90. The van der Waals surface area contributed by atoms with E-state index in [9.17, 15) is 0 Å². The van der Waals surface area contributed by atoms with Crippen LogP contribution >= 0.6 is 11.3 Å². The summed E-state index contributed by atoms with van der Waals surface area (Å²) in [5, 5.41) is 1.01. The first-order valence-corrected chi connectivity index (χ1v) is 6.11. The molecule has 2 rings (SSSR count). The van der Waals surface area contributed by atoms with Crippen molar-refractivity contribution >= 4 is 17.3 Å². The highest BCUT2D eigenvalue weighted by Crippen LogP contribution is 2.12. The zero-order valence-corrected chi connectivity index (χ0v) is 10.2. The van der Waals surface area contributed by atoms with Gasteiger partial charge in [-0.3, -0.25) is 0 Å². The van der Waals surface area contributed by atoms with Gasteiger partial charge in [-0.25, -0.2) is 9.98 Å². The summed E-state index contributed by atoms with van der Waals surface area (Å²) in [6.45, 7) is 5.72. The van der Waals surface area contributed by atoms with Crippen molar-refractivity contribution < 1.29 is 4.74 Å². The van der Waals surface area contributed by atoms with Crippen LogP contribution in [-0.2, 0) is 11.3 Å². The summed E-state index contributed by atoms with van der Waals surface area (Å²) in [6.07, 6.45) is 1.86. The minimum atomic E-state index is 0.571. The van der Waals surface area contributed by atoms with E-state index >= 15 is 0 Å². The van der Waals surface area contributed by atoms with E-state index in [1.807, 2.05) is 18.0 Å². The monoisotopic (exact) mass is 240 g/mol. The molecule has 0 aliphatic carbocycles. The molecule has 2 N–H and O–H groups in total. The molecule has 0 radical (unpaired) electrons. The van der Waals surface area contributed by atoms with Crippen molar-refractivity contribution in [2.75, 3.05) is 26.3 Å². The minimum Gasteiger partial charge on any atom is -0.378 e. The third kappa shape index (κ3) is 2.93. The lowest BCUT2D eigenvalue weighted by atomic mass is 10.4. The molecule has 0 amide bonds. The van der Waals surface area contributed by atoms with Gasteiger partial charge in [0, 0.05) is 24.2 Å². The average molecular weight is 240 g/mol. The first-order valence-electron chi connectivity index (χ1n) is 5.29. The first-order chi connectivity index (χ1) is 7.75. The van der Waals surface area contributed by atoms with Gasteiger partial charge in [0.05, 0.1) is 19.8 Å². The smallest absolute Gasteiger partial charge is 0.191 e. The Morgan fingerprint density at radius 2 is 2.38 bits per heavy atom. The number of nitrogens with two attached hydrogens (primary N) is 1. The zero-order chi connectivity index (χ0) is 11.4. The molecule has 1 aromatic rings. The molecule has 2 heterocycles. The van der Waals surface area contributed by atoms with Gasteiger partial charge in [-0.15, -0.1) is 11.3 Å². The van der Waals surface area contributed by atoms with Gasteiger partial charge < -0.3 is 15.4 Å². The fourth-order valence-electron chi connectivity index (χ4n) is 1.52. The summed E-state index contributed by atoms with van der Waals surface area (Å²) in [6, 6.07) is 0. The normalized spacial score (nSPS) is 17.8. The molecular formula is C10H16N4OS. The SMILES string of the molecule is Cc1cnc(CN=C(N)N2CCOCC2)s1. The van der Waals surface area contributed by atoms with Crippen molar-refractivity contribution in [2.45, 2.75) is 13.5 Å². The van der Waals surface area contributed by atoms with Crippen LogP contribution in [0.1, 0.15) is 9.88 Å². The number of thiazole rings is 1. The molecular weight excluding hydrogens is 224 g/mol. The minimum absolute atomic E-state index is 0.571. The van der Waals surface area contributed by atoms with Gasteiger partial charge in [0.1, 0.15) is 5.01 Å². The number of nitrogens with zero attached hydrogens (tertiary/aromatic N) is 3. The van der Waals surface area contributed by atoms with Crippen molar-refractivity contribution in [3.63, 3.8) is 0 Å². The second-order valence-electron chi connectivity index (χ2n) is 3.64. The summed E-state index contributed by atoms with van der Waals surface area (Å²) in [7, 11) is 0.